The van der Waals surface area contributed by atoms with Gasteiger partial charge >= 0.3 is 0 Å². The summed E-state index contributed by atoms with van der Waals surface area (Å²) in [6.07, 6.45) is 1.74. The summed E-state index contributed by atoms with van der Waals surface area (Å²) >= 11 is 5.91. The topological polar surface area (TPSA) is 12.9 Å². The molecule has 0 aliphatic heterocycles. The van der Waals surface area contributed by atoms with Crippen LogP contribution in [-0.4, -0.2) is 4.98 Å². The molecular weight excluding hydrogens is 182 g/mol. The van der Waals surface area contributed by atoms with Gasteiger partial charge in [-0.1, -0.05) is 39.3 Å². The summed E-state index contributed by atoms with van der Waals surface area (Å²) in [5, 5.41) is 0.639. The first kappa shape index (κ1) is 12.4. The van der Waals surface area contributed by atoms with E-state index in [1.54, 1.807) is 6.20 Å². The highest BCUT2D eigenvalue weighted by Gasteiger charge is 2.07. The lowest BCUT2D eigenvalue weighted by atomic mass is 10.0. The Balaban J connectivity index is 0.000000671. The fourth-order valence-electron chi connectivity index (χ4n) is 1.23. The minimum absolute atomic E-state index is 0.455. The van der Waals surface area contributed by atoms with Crippen LogP contribution in [0, 0.1) is 6.92 Å². The molecule has 0 fully saturated rings. The zero-order valence-corrected chi connectivity index (χ0v) is 9.81. The van der Waals surface area contributed by atoms with Crippen molar-refractivity contribution >= 4 is 11.6 Å². The van der Waals surface area contributed by atoms with Crippen LogP contribution in [0.5, 0.6) is 0 Å². The first-order valence-electron chi connectivity index (χ1n) is 4.74. The van der Waals surface area contributed by atoms with E-state index in [0.717, 1.165) is 5.56 Å². The second kappa shape index (κ2) is 5.98. The van der Waals surface area contributed by atoms with Gasteiger partial charge in [-0.25, -0.2) is 4.98 Å². The van der Waals surface area contributed by atoms with E-state index in [1.165, 1.54) is 5.56 Å². The van der Waals surface area contributed by atoms with Crippen molar-refractivity contribution in [2.24, 2.45) is 0 Å². The lowest BCUT2D eigenvalue weighted by Crippen LogP contribution is -1.94. The molecule has 0 N–H and O–H groups in total. The summed E-state index contributed by atoms with van der Waals surface area (Å²) in [5.74, 6) is 0.455. The first-order valence-corrected chi connectivity index (χ1v) is 5.11. The number of aromatic nitrogens is 1. The number of hydrogen-bond donors (Lipinski definition) is 0. The molecule has 1 heterocycles. The zero-order valence-electron chi connectivity index (χ0n) is 9.06. The number of nitrogens with zero attached hydrogens (tertiary/aromatic N) is 1. The quantitative estimate of drug-likeness (QED) is 0.618. The molecule has 1 rings (SSSR count). The molecule has 0 amide bonds. The number of hydrogen-bond acceptors (Lipinski definition) is 1. The van der Waals surface area contributed by atoms with E-state index >= 15 is 0 Å². The number of pyridine rings is 1. The molecule has 0 saturated heterocycles. The second-order valence-corrected chi connectivity index (χ2v) is 3.35. The first-order chi connectivity index (χ1) is 6.13. The van der Waals surface area contributed by atoms with Crippen molar-refractivity contribution in [3.8, 4) is 0 Å². The van der Waals surface area contributed by atoms with E-state index in [9.17, 15) is 0 Å². The van der Waals surface area contributed by atoms with Gasteiger partial charge in [-0.05, 0) is 30.0 Å². The predicted octanol–water partition coefficient (Wildman–Crippen LogP) is 4.19. The molecule has 13 heavy (non-hydrogen) atoms. The normalized spacial score (nSPS) is 9.46. The third-order valence-electron chi connectivity index (χ3n) is 1.74. The van der Waals surface area contributed by atoms with Crippen LogP contribution < -0.4 is 0 Å². The Morgan fingerprint density at radius 3 is 2.15 bits per heavy atom. The van der Waals surface area contributed by atoms with E-state index in [1.807, 2.05) is 19.9 Å². The van der Waals surface area contributed by atoms with Crippen LogP contribution in [0.4, 0.5) is 0 Å². The number of rotatable bonds is 1. The lowest BCUT2D eigenvalue weighted by Gasteiger charge is -2.09. The van der Waals surface area contributed by atoms with Gasteiger partial charge in [-0.15, -0.1) is 0 Å². The summed E-state index contributed by atoms with van der Waals surface area (Å²) in [7, 11) is 0. The van der Waals surface area contributed by atoms with Gasteiger partial charge in [0.15, 0.2) is 0 Å². The minimum Gasteiger partial charge on any atom is -0.244 e. The fourth-order valence-corrected chi connectivity index (χ4v) is 1.65. The standard InChI is InChI=1S/C9H12ClN.C2H6/c1-6(2)8-7(3)4-5-11-9(8)10;1-2/h4-6H,1-3H3;1-2H3. The molecule has 1 aromatic rings. The van der Waals surface area contributed by atoms with Gasteiger partial charge in [-0.2, -0.15) is 0 Å². The third-order valence-corrected chi connectivity index (χ3v) is 2.04. The Morgan fingerprint density at radius 2 is 1.85 bits per heavy atom. The van der Waals surface area contributed by atoms with Crippen LogP contribution in [-0.2, 0) is 0 Å². The van der Waals surface area contributed by atoms with Crippen LogP contribution >= 0.6 is 11.6 Å². The van der Waals surface area contributed by atoms with E-state index in [0.29, 0.717) is 11.1 Å². The largest absolute Gasteiger partial charge is 0.244 e. The summed E-state index contributed by atoms with van der Waals surface area (Å²) in [6.45, 7) is 10.3. The Labute approximate surface area is 86.1 Å². The smallest absolute Gasteiger partial charge is 0.132 e. The Hall–Kier alpha value is -0.560. The van der Waals surface area contributed by atoms with E-state index in [2.05, 4.69) is 25.8 Å². The molecule has 0 radical (unpaired) electrons. The highest BCUT2D eigenvalue weighted by atomic mass is 35.5. The van der Waals surface area contributed by atoms with Crippen molar-refractivity contribution < 1.29 is 0 Å². The molecule has 0 aliphatic rings. The summed E-state index contributed by atoms with van der Waals surface area (Å²) in [5.41, 5.74) is 2.38. The Morgan fingerprint density at radius 1 is 1.31 bits per heavy atom. The monoisotopic (exact) mass is 199 g/mol. The van der Waals surface area contributed by atoms with E-state index < -0.39 is 0 Å². The van der Waals surface area contributed by atoms with Crippen molar-refractivity contribution in [1.29, 1.82) is 0 Å². The van der Waals surface area contributed by atoms with Crippen LogP contribution in [0.2, 0.25) is 5.15 Å². The molecule has 0 aromatic carbocycles. The molecule has 74 valence electrons. The molecule has 0 spiro atoms. The molecule has 0 bridgehead atoms. The van der Waals surface area contributed by atoms with Gasteiger partial charge in [0.25, 0.3) is 0 Å². The second-order valence-electron chi connectivity index (χ2n) is 2.99. The summed E-state index contributed by atoms with van der Waals surface area (Å²) < 4.78 is 0. The van der Waals surface area contributed by atoms with Crippen molar-refractivity contribution in [3.63, 3.8) is 0 Å². The minimum atomic E-state index is 0.455. The SMILES string of the molecule is CC.Cc1ccnc(Cl)c1C(C)C. The zero-order chi connectivity index (χ0) is 10.4. The molecule has 0 saturated carbocycles. The molecule has 0 unspecified atom stereocenters. The van der Waals surface area contributed by atoms with Gasteiger partial charge in [-0.3, -0.25) is 0 Å². The molecule has 2 heteroatoms. The van der Waals surface area contributed by atoms with E-state index in [4.69, 9.17) is 11.6 Å². The molecule has 0 aliphatic carbocycles. The highest BCUT2D eigenvalue weighted by Crippen LogP contribution is 2.24. The van der Waals surface area contributed by atoms with Crippen molar-refractivity contribution in [2.75, 3.05) is 0 Å². The van der Waals surface area contributed by atoms with Crippen LogP contribution in [0.3, 0.4) is 0 Å². The predicted molar refractivity (Wildman–Crippen MR) is 59.4 cm³/mol. The Kier molecular flexibility index (Phi) is 5.72. The van der Waals surface area contributed by atoms with Crippen molar-refractivity contribution in [2.45, 2.75) is 40.5 Å². The molecular formula is C11H18ClN. The average Bonchev–Trinajstić information content (AvgIpc) is 2.07. The maximum Gasteiger partial charge on any atom is 0.132 e. The highest BCUT2D eigenvalue weighted by molar-refractivity contribution is 6.30. The maximum atomic E-state index is 5.91. The van der Waals surface area contributed by atoms with Crippen molar-refractivity contribution in [3.05, 3.63) is 28.5 Å². The summed E-state index contributed by atoms with van der Waals surface area (Å²) in [4.78, 5) is 4.03. The van der Waals surface area contributed by atoms with Gasteiger partial charge in [0.2, 0.25) is 0 Å². The maximum absolute atomic E-state index is 5.91. The molecule has 1 aromatic heterocycles. The number of aryl methyl sites for hydroxylation is 1. The Bertz CT molecular complexity index is 236. The van der Waals surface area contributed by atoms with Gasteiger partial charge in [0.05, 0.1) is 0 Å². The molecule has 0 atom stereocenters. The lowest BCUT2D eigenvalue weighted by molar-refractivity contribution is 0.848. The van der Waals surface area contributed by atoms with Crippen LogP contribution in [0.15, 0.2) is 12.3 Å². The third kappa shape index (κ3) is 3.35. The fraction of sp³-hybridized carbons (Fsp3) is 0.545. The van der Waals surface area contributed by atoms with Gasteiger partial charge in [0, 0.05) is 6.20 Å². The average molecular weight is 200 g/mol. The van der Waals surface area contributed by atoms with E-state index in [-0.39, 0.29) is 0 Å². The van der Waals surface area contributed by atoms with Gasteiger partial charge in [0.1, 0.15) is 5.15 Å². The van der Waals surface area contributed by atoms with Crippen LogP contribution in [0.25, 0.3) is 0 Å². The van der Waals surface area contributed by atoms with Gasteiger partial charge < -0.3 is 0 Å². The molecule has 1 nitrogen and oxygen atoms in total. The van der Waals surface area contributed by atoms with Crippen molar-refractivity contribution in [1.82, 2.24) is 4.98 Å². The number of halogens is 1. The van der Waals surface area contributed by atoms with Crippen LogP contribution in [0.1, 0.15) is 44.7 Å². The summed E-state index contributed by atoms with van der Waals surface area (Å²) in [6, 6.07) is 1.99.